The number of rotatable bonds is 7. The van der Waals surface area contributed by atoms with E-state index in [1.54, 1.807) is 6.92 Å². The molecule has 0 N–H and O–H groups in total. The first-order valence-corrected chi connectivity index (χ1v) is 6.78. The van der Waals surface area contributed by atoms with E-state index in [-0.39, 0.29) is 0 Å². The van der Waals surface area contributed by atoms with E-state index >= 15 is 0 Å². The third-order valence-corrected chi connectivity index (χ3v) is 3.62. The Morgan fingerprint density at radius 2 is 1.67 bits per heavy atom. The van der Waals surface area contributed by atoms with E-state index in [9.17, 15) is 4.79 Å². The molecule has 15 heavy (non-hydrogen) atoms. The van der Waals surface area contributed by atoms with E-state index in [0.717, 1.165) is 18.8 Å². The first-order chi connectivity index (χ1) is 7.29. The Bertz CT molecular complexity index is 168. The van der Waals surface area contributed by atoms with Crippen molar-refractivity contribution in [2.24, 2.45) is 5.92 Å². The van der Waals surface area contributed by atoms with E-state index in [4.69, 9.17) is 0 Å². The minimum absolute atomic E-state index is 0.349. The van der Waals surface area contributed by atoms with Gasteiger partial charge in [-0.3, -0.25) is 0 Å². The van der Waals surface area contributed by atoms with Crippen LogP contribution in [0, 0.1) is 5.92 Å². The first kappa shape index (κ1) is 12.7. The molecule has 1 aliphatic carbocycles. The molecular formula is C14H26O. The van der Waals surface area contributed by atoms with Crippen LogP contribution in [0.2, 0.25) is 0 Å². The molecule has 1 saturated carbocycles. The van der Waals surface area contributed by atoms with Crippen molar-refractivity contribution < 1.29 is 4.79 Å². The van der Waals surface area contributed by atoms with Crippen LogP contribution in [-0.2, 0) is 4.79 Å². The molecule has 1 fully saturated rings. The second-order valence-corrected chi connectivity index (χ2v) is 5.16. The van der Waals surface area contributed by atoms with Gasteiger partial charge in [0.15, 0.2) is 0 Å². The second-order valence-electron chi connectivity index (χ2n) is 5.16. The van der Waals surface area contributed by atoms with Gasteiger partial charge in [-0.2, -0.15) is 0 Å². The highest BCUT2D eigenvalue weighted by molar-refractivity contribution is 5.75. The predicted molar refractivity (Wildman–Crippen MR) is 65.0 cm³/mol. The van der Waals surface area contributed by atoms with Crippen molar-refractivity contribution in [3.8, 4) is 0 Å². The van der Waals surface area contributed by atoms with Gasteiger partial charge in [0.2, 0.25) is 0 Å². The molecule has 0 aromatic heterocycles. The molecule has 0 aliphatic heterocycles. The minimum atomic E-state index is 0.349. The van der Waals surface area contributed by atoms with Crippen molar-refractivity contribution in [1.82, 2.24) is 0 Å². The van der Waals surface area contributed by atoms with E-state index in [1.165, 1.54) is 57.8 Å². The Kier molecular flexibility index (Phi) is 6.71. The summed E-state index contributed by atoms with van der Waals surface area (Å²) in [5.41, 5.74) is 0. The number of carbonyl (C=O) groups is 1. The number of hydrogen-bond acceptors (Lipinski definition) is 1. The Labute approximate surface area is 94.6 Å². The van der Waals surface area contributed by atoms with Gasteiger partial charge in [0.1, 0.15) is 5.78 Å². The molecule has 88 valence electrons. The van der Waals surface area contributed by atoms with Crippen molar-refractivity contribution in [2.75, 3.05) is 0 Å². The number of carbonyl (C=O) groups excluding carboxylic acids is 1. The highest BCUT2D eigenvalue weighted by atomic mass is 16.1. The molecule has 0 aromatic rings. The SMILES string of the molecule is CC(=O)CCCCCCC1CCCCC1. The largest absolute Gasteiger partial charge is 0.300 e. The summed E-state index contributed by atoms with van der Waals surface area (Å²) < 4.78 is 0. The van der Waals surface area contributed by atoms with Crippen molar-refractivity contribution in [1.29, 1.82) is 0 Å². The molecular weight excluding hydrogens is 184 g/mol. The molecule has 0 unspecified atom stereocenters. The zero-order chi connectivity index (χ0) is 10.9. The molecule has 0 saturated heterocycles. The monoisotopic (exact) mass is 210 g/mol. The maximum atomic E-state index is 10.7. The minimum Gasteiger partial charge on any atom is -0.300 e. The van der Waals surface area contributed by atoms with Crippen LogP contribution >= 0.6 is 0 Å². The lowest BCUT2D eigenvalue weighted by molar-refractivity contribution is -0.117. The lowest BCUT2D eigenvalue weighted by Crippen LogP contribution is -2.05. The topological polar surface area (TPSA) is 17.1 Å². The van der Waals surface area contributed by atoms with Crippen LogP contribution < -0.4 is 0 Å². The third kappa shape index (κ3) is 6.70. The Morgan fingerprint density at radius 1 is 1.00 bits per heavy atom. The van der Waals surface area contributed by atoms with Crippen LogP contribution in [0.5, 0.6) is 0 Å². The lowest BCUT2D eigenvalue weighted by atomic mass is 9.85. The smallest absolute Gasteiger partial charge is 0.129 e. The predicted octanol–water partition coefficient (Wildman–Crippen LogP) is 4.50. The highest BCUT2D eigenvalue weighted by Gasteiger charge is 2.12. The molecule has 1 aliphatic rings. The summed E-state index contributed by atoms with van der Waals surface area (Å²) in [6, 6.07) is 0. The van der Waals surface area contributed by atoms with Gasteiger partial charge in [-0.25, -0.2) is 0 Å². The summed E-state index contributed by atoms with van der Waals surface area (Å²) in [6.07, 6.45) is 14.7. The second kappa shape index (κ2) is 7.90. The number of Topliss-reactive ketones (excluding diaryl/α,β-unsaturated/α-hetero) is 1. The van der Waals surface area contributed by atoms with Gasteiger partial charge >= 0.3 is 0 Å². The number of unbranched alkanes of at least 4 members (excludes halogenated alkanes) is 3. The van der Waals surface area contributed by atoms with E-state index in [2.05, 4.69) is 0 Å². The summed E-state index contributed by atoms with van der Waals surface area (Å²) in [6.45, 7) is 1.70. The van der Waals surface area contributed by atoms with Crippen molar-refractivity contribution >= 4 is 5.78 Å². The first-order valence-electron chi connectivity index (χ1n) is 6.78. The van der Waals surface area contributed by atoms with Gasteiger partial charge in [0.05, 0.1) is 0 Å². The molecule has 1 rings (SSSR count). The summed E-state index contributed by atoms with van der Waals surface area (Å²) in [4.78, 5) is 10.7. The molecule has 0 bridgehead atoms. The fraction of sp³-hybridized carbons (Fsp3) is 0.929. The van der Waals surface area contributed by atoms with Crippen LogP contribution in [0.25, 0.3) is 0 Å². The van der Waals surface area contributed by atoms with Gasteiger partial charge in [-0.15, -0.1) is 0 Å². The normalized spacial score (nSPS) is 17.9. The quantitative estimate of drug-likeness (QED) is 0.566. The lowest BCUT2D eigenvalue weighted by Gasteiger charge is -2.21. The number of hydrogen-bond donors (Lipinski definition) is 0. The maximum Gasteiger partial charge on any atom is 0.129 e. The third-order valence-electron chi connectivity index (χ3n) is 3.62. The maximum absolute atomic E-state index is 10.7. The molecule has 0 atom stereocenters. The summed E-state index contributed by atoms with van der Waals surface area (Å²) in [5.74, 6) is 1.38. The van der Waals surface area contributed by atoms with Gasteiger partial charge in [-0.05, 0) is 19.3 Å². The van der Waals surface area contributed by atoms with Crippen molar-refractivity contribution in [3.63, 3.8) is 0 Å². The van der Waals surface area contributed by atoms with Gasteiger partial charge in [0.25, 0.3) is 0 Å². The molecule has 0 radical (unpaired) electrons. The molecule has 1 heteroatoms. The van der Waals surface area contributed by atoms with Gasteiger partial charge < -0.3 is 4.79 Å². The van der Waals surface area contributed by atoms with Crippen molar-refractivity contribution in [2.45, 2.75) is 77.6 Å². The van der Waals surface area contributed by atoms with Crippen LogP contribution in [-0.4, -0.2) is 5.78 Å². The van der Waals surface area contributed by atoms with Gasteiger partial charge in [-0.1, -0.05) is 57.8 Å². The van der Waals surface area contributed by atoms with Crippen LogP contribution in [0.1, 0.15) is 77.6 Å². The van der Waals surface area contributed by atoms with E-state index in [1.807, 2.05) is 0 Å². The molecule has 0 aromatic carbocycles. The zero-order valence-corrected chi connectivity index (χ0v) is 10.3. The molecule has 1 nitrogen and oxygen atoms in total. The summed E-state index contributed by atoms with van der Waals surface area (Å²) >= 11 is 0. The highest BCUT2D eigenvalue weighted by Crippen LogP contribution is 2.27. The van der Waals surface area contributed by atoms with E-state index in [0.29, 0.717) is 5.78 Å². The zero-order valence-electron chi connectivity index (χ0n) is 10.3. The summed E-state index contributed by atoms with van der Waals surface area (Å²) in [5, 5.41) is 0. The van der Waals surface area contributed by atoms with Crippen LogP contribution in [0.15, 0.2) is 0 Å². The average molecular weight is 210 g/mol. The van der Waals surface area contributed by atoms with Gasteiger partial charge in [0, 0.05) is 6.42 Å². The van der Waals surface area contributed by atoms with Crippen molar-refractivity contribution in [3.05, 3.63) is 0 Å². The molecule has 0 heterocycles. The fourth-order valence-corrected chi connectivity index (χ4v) is 2.64. The fourth-order valence-electron chi connectivity index (χ4n) is 2.64. The summed E-state index contributed by atoms with van der Waals surface area (Å²) in [7, 11) is 0. The average Bonchev–Trinajstić information content (AvgIpc) is 2.24. The molecule has 0 amide bonds. The van der Waals surface area contributed by atoms with Crippen LogP contribution in [0.3, 0.4) is 0 Å². The Balaban J connectivity index is 1.85. The Hall–Kier alpha value is -0.330. The number of ketones is 1. The standard InChI is InChI=1S/C14H26O/c1-13(15)9-5-2-3-6-10-14-11-7-4-8-12-14/h14H,2-12H2,1H3. The van der Waals surface area contributed by atoms with E-state index < -0.39 is 0 Å². The van der Waals surface area contributed by atoms with Crippen LogP contribution in [0.4, 0.5) is 0 Å². The Morgan fingerprint density at radius 3 is 2.33 bits per heavy atom. The molecule has 0 spiro atoms.